The lowest BCUT2D eigenvalue weighted by molar-refractivity contribution is 0.0657. The van der Waals surface area contributed by atoms with E-state index in [1.807, 2.05) is 5.01 Å². The SMILES string of the molecule is CN1CCN(NC(=O)c2ncccc2C#CCCO)CC1. The lowest BCUT2D eigenvalue weighted by Gasteiger charge is -2.32. The molecule has 0 bridgehead atoms. The Bertz CT molecular complexity index is 542. The minimum atomic E-state index is -0.242. The summed E-state index contributed by atoms with van der Waals surface area (Å²) in [5.41, 5.74) is 3.78. The number of nitrogens with zero attached hydrogens (tertiary/aromatic N) is 3. The Kier molecular flexibility index (Phi) is 5.69. The van der Waals surface area contributed by atoms with Gasteiger partial charge < -0.3 is 10.0 Å². The van der Waals surface area contributed by atoms with Crippen LogP contribution >= 0.6 is 0 Å². The third-order valence-electron chi connectivity index (χ3n) is 3.25. The molecule has 2 heterocycles. The number of hydrogen-bond donors (Lipinski definition) is 2. The van der Waals surface area contributed by atoms with Crippen molar-refractivity contribution in [2.24, 2.45) is 0 Å². The van der Waals surface area contributed by atoms with Crippen molar-refractivity contribution in [2.45, 2.75) is 6.42 Å². The standard InChI is InChI=1S/C15H20N4O2/c1-18-8-10-19(11-9-18)17-15(21)14-13(5-2-3-12-20)6-4-7-16-14/h4,6-7,20H,3,8-12H2,1H3,(H,17,21). The topological polar surface area (TPSA) is 68.7 Å². The predicted octanol–water partition coefficient (Wildman–Crippen LogP) is -0.292. The van der Waals surface area contributed by atoms with Crippen molar-refractivity contribution in [1.82, 2.24) is 20.3 Å². The molecule has 6 nitrogen and oxygen atoms in total. The fourth-order valence-corrected chi connectivity index (χ4v) is 2.02. The summed E-state index contributed by atoms with van der Waals surface area (Å²) in [5.74, 6) is 5.45. The van der Waals surface area contributed by atoms with E-state index < -0.39 is 0 Å². The first-order valence-corrected chi connectivity index (χ1v) is 7.00. The average molecular weight is 288 g/mol. The first-order chi connectivity index (χ1) is 10.2. The molecule has 0 aliphatic carbocycles. The Morgan fingerprint density at radius 3 is 2.90 bits per heavy atom. The van der Waals surface area contributed by atoms with Crippen molar-refractivity contribution >= 4 is 5.91 Å². The molecule has 1 saturated heterocycles. The number of amides is 1. The molecule has 0 spiro atoms. The minimum Gasteiger partial charge on any atom is -0.395 e. The molecular formula is C15H20N4O2. The van der Waals surface area contributed by atoms with E-state index in [9.17, 15) is 4.79 Å². The number of hydrogen-bond acceptors (Lipinski definition) is 5. The molecule has 0 radical (unpaired) electrons. The quantitative estimate of drug-likeness (QED) is 0.748. The fourth-order valence-electron chi connectivity index (χ4n) is 2.02. The number of carbonyl (C=O) groups excluding carboxylic acids is 1. The van der Waals surface area contributed by atoms with Gasteiger partial charge in [0.05, 0.1) is 12.2 Å². The smallest absolute Gasteiger partial charge is 0.285 e. The molecule has 2 rings (SSSR count). The van der Waals surface area contributed by atoms with Crippen LogP contribution in [0.25, 0.3) is 0 Å². The van der Waals surface area contributed by atoms with E-state index in [1.165, 1.54) is 0 Å². The second-order valence-corrected chi connectivity index (χ2v) is 4.91. The van der Waals surface area contributed by atoms with Crippen LogP contribution in [0.15, 0.2) is 18.3 Å². The highest BCUT2D eigenvalue weighted by molar-refractivity contribution is 5.94. The van der Waals surface area contributed by atoms with Crippen LogP contribution in [-0.2, 0) is 0 Å². The zero-order chi connectivity index (χ0) is 15.1. The summed E-state index contributed by atoms with van der Waals surface area (Å²) in [6.45, 7) is 3.44. The first-order valence-electron chi connectivity index (χ1n) is 7.00. The van der Waals surface area contributed by atoms with E-state index in [-0.39, 0.29) is 12.5 Å². The van der Waals surface area contributed by atoms with Crippen LogP contribution in [0.3, 0.4) is 0 Å². The zero-order valence-corrected chi connectivity index (χ0v) is 12.2. The molecule has 6 heteroatoms. The monoisotopic (exact) mass is 288 g/mol. The average Bonchev–Trinajstić information content (AvgIpc) is 2.50. The van der Waals surface area contributed by atoms with Crippen molar-refractivity contribution in [2.75, 3.05) is 39.8 Å². The molecule has 1 fully saturated rings. The second kappa shape index (κ2) is 7.74. The lowest BCUT2D eigenvalue weighted by atomic mass is 10.2. The number of nitrogens with one attached hydrogen (secondary N) is 1. The van der Waals surface area contributed by atoms with Crippen LogP contribution in [0.4, 0.5) is 0 Å². The highest BCUT2D eigenvalue weighted by Crippen LogP contribution is 2.05. The summed E-state index contributed by atoms with van der Waals surface area (Å²) < 4.78 is 0. The van der Waals surface area contributed by atoms with Gasteiger partial charge in [0.2, 0.25) is 0 Å². The van der Waals surface area contributed by atoms with Crippen LogP contribution in [0.5, 0.6) is 0 Å². The molecule has 21 heavy (non-hydrogen) atoms. The number of likely N-dealkylation sites (N-methyl/N-ethyl adjacent to an activating group) is 1. The van der Waals surface area contributed by atoms with E-state index in [0.717, 1.165) is 26.2 Å². The van der Waals surface area contributed by atoms with Gasteiger partial charge in [0, 0.05) is 38.8 Å². The highest BCUT2D eigenvalue weighted by Gasteiger charge is 2.18. The molecule has 1 aromatic rings. The fraction of sp³-hybridized carbons (Fsp3) is 0.467. The molecule has 1 amide bonds. The van der Waals surface area contributed by atoms with Crippen molar-refractivity contribution in [1.29, 1.82) is 0 Å². The molecule has 0 saturated carbocycles. The number of carbonyl (C=O) groups is 1. The molecule has 1 aliphatic rings. The largest absolute Gasteiger partial charge is 0.395 e. The number of pyridine rings is 1. The van der Waals surface area contributed by atoms with Gasteiger partial charge in [0.25, 0.3) is 5.91 Å². The highest BCUT2D eigenvalue weighted by atomic mass is 16.2. The number of rotatable bonds is 3. The van der Waals surface area contributed by atoms with Crippen molar-refractivity contribution in [3.05, 3.63) is 29.6 Å². The van der Waals surface area contributed by atoms with Crippen LogP contribution < -0.4 is 5.43 Å². The van der Waals surface area contributed by atoms with Gasteiger partial charge in [0.15, 0.2) is 0 Å². The van der Waals surface area contributed by atoms with Gasteiger partial charge in [-0.1, -0.05) is 11.8 Å². The molecule has 1 aromatic heterocycles. The Labute approximate surface area is 124 Å². The Morgan fingerprint density at radius 2 is 2.19 bits per heavy atom. The molecule has 2 N–H and O–H groups in total. The van der Waals surface area contributed by atoms with Gasteiger partial charge >= 0.3 is 0 Å². The van der Waals surface area contributed by atoms with Crippen LogP contribution in [0.2, 0.25) is 0 Å². The molecule has 0 unspecified atom stereocenters. The predicted molar refractivity (Wildman–Crippen MR) is 79.4 cm³/mol. The third kappa shape index (κ3) is 4.53. The van der Waals surface area contributed by atoms with Crippen molar-refractivity contribution < 1.29 is 9.90 Å². The molecular weight excluding hydrogens is 268 g/mol. The first kappa shape index (κ1) is 15.4. The van der Waals surface area contributed by atoms with Gasteiger partial charge in [-0.25, -0.2) is 9.99 Å². The number of aliphatic hydroxyl groups is 1. The second-order valence-electron chi connectivity index (χ2n) is 4.91. The van der Waals surface area contributed by atoms with Gasteiger partial charge in [-0.3, -0.25) is 10.2 Å². The number of aromatic nitrogens is 1. The van der Waals surface area contributed by atoms with E-state index in [0.29, 0.717) is 17.7 Å². The Hall–Kier alpha value is -1.94. The molecule has 112 valence electrons. The summed E-state index contributed by atoms with van der Waals surface area (Å²) in [6.07, 6.45) is 1.96. The van der Waals surface area contributed by atoms with E-state index in [2.05, 4.69) is 34.2 Å². The van der Waals surface area contributed by atoms with Gasteiger partial charge in [-0.2, -0.15) is 0 Å². The van der Waals surface area contributed by atoms with Gasteiger partial charge in [0.1, 0.15) is 5.69 Å². The normalized spacial score (nSPS) is 16.1. The van der Waals surface area contributed by atoms with E-state index >= 15 is 0 Å². The van der Waals surface area contributed by atoms with Crippen LogP contribution in [-0.4, -0.2) is 65.7 Å². The van der Waals surface area contributed by atoms with Crippen LogP contribution in [0, 0.1) is 11.8 Å². The molecule has 0 atom stereocenters. The van der Waals surface area contributed by atoms with Crippen molar-refractivity contribution in [3.63, 3.8) is 0 Å². The summed E-state index contributed by atoms with van der Waals surface area (Å²) in [6, 6.07) is 3.51. The van der Waals surface area contributed by atoms with Gasteiger partial charge in [-0.15, -0.1) is 0 Å². The third-order valence-corrected chi connectivity index (χ3v) is 3.25. The zero-order valence-electron chi connectivity index (χ0n) is 12.2. The molecule has 1 aliphatic heterocycles. The number of piperazine rings is 1. The Morgan fingerprint density at radius 1 is 1.43 bits per heavy atom. The summed E-state index contributed by atoms with van der Waals surface area (Å²) in [5, 5.41) is 10.7. The maximum atomic E-state index is 12.3. The summed E-state index contributed by atoms with van der Waals surface area (Å²) in [4.78, 5) is 18.6. The lowest BCUT2D eigenvalue weighted by Crippen LogP contribution is -2.52. The van der Waals surface area contributed by atoms with Crippen LogP contribution in [0.1, 0.15) is 22.5 Å². The van der Waals surface area contributed by atoms with Crippen molar-refractivity contribution in [3.8, 4) is 11.8 Å². The minimum absolute atomic E-state index is 0.0100. The van der Waals surface area contributed by atoms with E-state index in [1.54, 1.807) is 18.3 Å². The van der Waals surface area contributed by atoms with Gasteiger partial charge in [-0.05, 0) is 19.2 Å². The summed E-state index contributed by atoms with van der Waals surface area (Å²) >= 11 is 0. The number of aliphatic hydroxyl groups excluding tert-OH is 1. The van der Waals surface area contributed by atoms with E-state index in [4.69, 9.17) is 5.11 Å². The molecule has 0 aromatic carbocycles. The maximum Gasteiger partial charge on any atom is 0.285 e. The number of hydrazine groups is 1. The Balaban J connectivity index is 2.04. The maximum absolute atomic E-state index is 12.3. The summed E-state index contributed by atoms with van der Waals surface area (Å²) in [7, 11) is 2.06.